The number of nitrogens with two attached hydrogens (primary N) is 1. The lowest BCUT2D eigenvalue weighted by Gasteiger charge is -2.17. The molecule has 0 radical (unpaired) electrons. The lowest BCUT2D eigenvalue weighted by atomic mass is 10.2. The minimum absolute atomic E-state index is 0.565. The Morgan fingerprint density at radius 3 is 2.50 bits per heavy atom. The molecule has 4 nitrogen and oxygen atoms in total. The third-order valence-electron chi connectivity index (χ3n) is 2.45. The first-order valence-corrected chi connectivity index (χ1v) is 5.10. The summed E-state index contributed by atoms with van der Waals surface area (Å²) in [5, 5.41) is 0. The van der Waals surface area contributed by atoms with E-state index in [1.165, 1.54) is 0 Å². The van der Waals surface area contributed by atoms with Crippen molar-refractivity contribution in [3.8, 4) is 0 Å². The van der Waals surface area contributed by atoms with Gasteiger partial charge in [0.2, 0.25) is 0 Å². The van der Waals surface area contributed by atoms with Gasteiger partial charge in [-0.1, -0.05) is 12.1 Å². The Morgan fingerprint density at radius 2 is 1.94 bits per heavy atom. The van der Waals surface area contributed by atoms with Crippen LogP contribution in [0.5, 0.6) is 0 Å². The van der Waals surface area contributed by atoms with Gasteiger partial charge in [-0.2, -0.15) is 0 Å². The first kappa shape index (κ1) is 10.6. The third kappa shape index (κ3) is 2.17. The summed E-state index contributed by atoms with van der Waals surface area (Å²) in [4.78, 5) is 10.3. The standard InChI is InChI=1S/C12H14N4/c1-16(12-9-14-6-7-15-12)11-4-2-10(8-13)3-5-11/h2-7,9H,8,13H2,1H3. The van der Waals surface area contributed by atoms with E-state index >= 15 is 0 Å². The first-order valence-electron chi connectivity index (χ1n) is 5.10. The third-order valence-corrected chi connectivity index (χ3v) is 2.45. The highest BCUT2D eigenvalue weighted by molar-refractivity contribution is 5.58. The molecule has 0 saturated carbocycles. The van der Waals surface area contributed by atoms with Crippen LogP contribution in [-0.4, -0.2) is 17.0 Å². The van der Waals surface area contributed by atoms with Gasteiger partial charge >= 0.3 is 0 Å². The molecule has 1 aromatic heterocycles. The van der Waals surface area contributed by atoms with Crippen molar-refractivity contribution in [2.24, 2.45) is 5.73 Å². The van der Waals surface area contributed by atoms with Gasteiger partial charge in [0.1, 0.15) is 0 Å². The van der Waals surface area contributed by atoms with Crippen LogP contribution in [0.1, 0.15) is 5.56 Å². The molecule has 2 N–H and O–H groups in total. The smallest absolute Gasteiger partial charge is 0.151 e. The summed E-state index contributed by atoms with van der Waals surface area (Å²) in [5.41, 5.74) is 7.74. The van der Waals surface area contributed by atoms with E-state index in [2.05, 4.69) is 9.97 Å². The molecule has 0 aliphatic heterocycles. The quantitative estimate of drug-likeness (QED) is 0.845. The molecule has 82 valence electrons. The monoisotopic (exact) mass is 214 g/mol. The molecule has 0 atom stereocenters. The molecule has 16 heavy (non-hydrogen) atoms. The van der Waals surface area contributed by atoms with Crippen LogP contribution in [0, 0.1) is 0 Å². The number of nitrogens with zero attached hydrogens (tertiary/aromatic N) is 3. The SMILES string of the molecule is CN(c1ccc(CN)cc1)c1cnccn1. The number of anilines is 2. The van der Waals surface area contributed by atoms with Crippen LogP contribution in [0.4, 0.5) is 11.5 Å². The number of hydrogen-bond acceptors (Lipinski definition) is 4. The molecule has 1 heterocycles. The molecular weight excluding hydrogens is 200 g/mol. The summed E-state index contributed by atoms with van der Waals surface area (Å²) in [5.74, 6) is 0.822. The lowest BCUT2D eigenvalue weighted by Crippen LogP contribution is -2.11. The van der Waals surface area contributed by atoms with Crippen molar-refractivity contribution in [2.45, 2.75) is 6.54 Å². The van der Waals surface area contributed by atoms with Gasteiger partial charge in [0.05, 0.1) is 6.20 Å². The van der Waals surface area contributed by atoms with E-state index < -0.39 is 0 Å². The maximum absolute atomic E-state index is 5.55. The maximum atomic E-state index is 5.55. The summed E-state index contributed by atoms with van der Waals surface area (Å²) in [6, 6.07) is 8.08. The van der Waals surface area contributed by atoms with Crippen molar-refractivity contribution in [2.75, 3.05) is 11.9 Å². The molecule has 0 spiro atoms. The van der Waals surface area contributed by atoms with Crippen molar-refractivity contribution < 1.29 is 0 Å². The molecule has 0 aliphatic rings. The van der Waals surface area contributed by atoms with Crippen molar-refractivity contribution in [3.05, 3.63) is 48.4 Å². The average molecular weight is 214 g/mol. The van der Waals surface area contributed by atoms with E-state index in [0.717, 1.165) is 17.1 Å². The molecule has 0 fully saturated rings. The summed E-state index contributed by atoms with van der Waals surface area (Å²) in [6.07, 6.45) is 5.08. The Kier molecular flexibility index (Phi) is 3.12. The second kappa shape index (κ2) is 4.72. The summed E-state index contributed by atoms with van der Waals surface area (Å²) in [6.45, 7) is 0.565. The average Bonchev–Trinajstić information content (AvgIpc) is 2.39. The van der Waals surface area contributed by atoms with Crippen LogP contribution < -0.4 is 10.6 Å². The zero-order valence-electron chi connectivity index (χ0n) is 9.17. The van der Waals surface area contributed by atoms with Crippen LogP contribution in [0.15, 0.2) is 42.9 Å². The summed E-state index contributed by atoms with van der Waals surface area (Å²) in [7, 11) is 1.96. The number of rotatable bonds is 3. The second-order valence-electron chi connectivity index (χ2n) is 3.49. The first-order chi connectivity index (χ1) is 7.81. The van der Waals surface area contributed by atoms with E-state index in [1.54, 1.807) is 18.6 Å². The van der Waals surface area contributed by atoms with Crippen molar-refractivity contribution in [1.29, 1.82) is 0 Å². The number of benzene rings is 1. The van der Waals surface area contributed by atoms with Crippen molar-refractivity contribution >= 4 is 11.5 Å². The highest BCUT2D eigenvalue weighted by Crippen LogP contribution is 2.20. The minimum atomic E-state index is 0.565. The molecule has 0 bridgehead atoms. The predicted octanol–water partition coefficient (Wildman–Crippen LogP) is 1.70. The van der Waals surface area contributed by atoms with Gasteiger partial charge in [-0.05, 0) is 17.7 Å². The van der Waals surface area contributed by atoms with Gasteiger partial charge in [-0.3, -0.25) is 4.98 Å². The van der Waals surface area contributed by atoms with Crippen molar-refractivity contribution in [3.63, 3.8) is 0 Å². The summed E-state index contributed by atoms with van der Waals surface area (Å²) < 4.78 is 0. The van der Waals surface area contributed by atoms with E-state index in [-0.39, 0.29) is 0 Å². The fourth-order valence-electron chi connectivity index (χ4n) is 1.45. The zero-order valence-corrected chi connectivity index (χ0v) is 9.17. The normalized spacial score (nSPS) is 10.1. The molecule has 1 aromatic carbocycles. The van der Waals surface area contributed by atoms with Gasteiger partial charge in [0.15, 0.2) is 5.82 Å². The molecule has 0 unspecified atom stereocenters. The van der Waals surface area contributed by atoms with Gasteiger partial charge in [0.25, 0.3) is 0 Å². The van der Waals surface area contributed by atoms with E-state index in [0.29, 0.717) is 6.54 Å². The van der Waals surface area contributed by atoms with Gasteiger partial charge < -0.3 is 10.6 Å². The Hall–Kier alpha value is -1.94. The van der Waals surface area contributed by atoms with Crippen LogP contribution in [0.25, 0.3) is 0 Å². The van der Waals surface area contributed by atoms with Crippen LogP contribution in [0.3, 0.4) is 0 Å². The Labute approximate surface area is 94.8 Å². The van der Waals surface area contributed by atoms with Gasteiger partial charge in [-0.25, -0.2) is 4.98 Å². The van der Waals surface area contributed by atoms with E-state index in [9.17, 15) is 0 Å². The number of aromatic nitrogens is 2. The fourth-order valence-corrected chi connectivity index (χ4v) is 1.45. The Bertz CT molecular complexity index is 438. The molecule has 0 aliphatic carbocycles. The van der Waals surface area contributed by atoms with Gasteiger partial charge in [0, 0.05) is 31.7 Å². The molecular formula is C12H14N4. The van der Waals surface area contributed by atoms with Crippen molar-refractivity contribution in [1.82, 2.24) is 9.97 Å². The molecule has 0 saturated heterocycles. The Balaban J connectivity index is 2.24. The second-order valence-corrected chi connectivity index (χ2v) is 3.49. The minimum Gasteiger partial charge on any atom is -0.328 e. The molecule has 0 amide bonds. The molecule has 4 heteroatoms. The van der Waals surface area contributed by atoms with Crippen LogP contribution in [0.2, 0.25) is 0 Å². The Morgan fingerprint density at radius 1 is 1.19 bits per heavy atom. The fraction of sp³-hybridized carbons (Fsp3) is 0.167. The highest BCUT2D eigenvalue weighted by Gasteiger charge is 2.04. The maximum Gasteiger partial charge on any atom is 0.151 e. The van der Waals surface area contributed by atoms with Gasteiger partial charge in [-0.15, -0.1) is 0 Å². The highest BCUT2D eigenvalue weighted by atomic mass is 15.2. The largest absolute Gasteiger partial charge is 0.328 e. The molecule has 2 aromatic rings. The number of hydrogen-bond donors (Lipinski definition) is 1. The summed E-state index contributed by atoms with van der Waals surface area (Å²) >= 11 is 0. The van der Waals surface area contributed by atoms with E-state index in [1.807, 2.05) is 36.2 Å². The van der Waals surface area contributed by atoms with Crippen LogP contribution in [-0.2, 0) is 6.54 Å². The lowest BCUT2D eigenvalue weighted by molar-refractivity contribution is 1.06. The topological polar surface area (TPSA) is 55.0 Å². The predicted molar refractivity (Wildman–Crippen MR) is 64.4 cm³/mol. The van der Waals surface area contributed by atoms with E-state index in [4.69, 9.17) is 5.73 Å². The molecule has 2 rings (SSSR count). The van der Waals surface area contributed by atoms with Crippen LogP contribution >= 0.6 is 0 Å². The zero-order chi connectivity index (χ0) is 11.4.